The van der Waals surface area contributed by atoms with Crippen LogP contribution in [0.1, 0.15) is 31.2 Å². The van der Waals surface area contributed by atoms with Crippen LogP contribution in [0.5, 0.6) is 0 Å². The standard InChI is InChI=1S/C16H22F2N2O2S/c1-19(23(21,22)16-4-5-16)15-3-2-6-20(11-15)10-12-7-13(17)9-14(18)8-12/h7-9,15-16H,2-6,10-11H2,1H3. The van der Waals surface area contributed by atoms with E-state index in [9.17, 15) is 17.2 Å². The van der Waals surface area contributed by atoms with Crippen LogP contribution in [0.2, 0.25) is 0 Å². The van der Waals surface area contributed by atoms with Crippen LogP contribution in [0, 0.1) is 11.6 Å². The molecule has 1 saturated heterocycles. The normalized spacial score (nSPS) is 23.4. The topological polar surface area (TPSA) is 40.6 Å². The van der Waals surface area contributed by atoms with Crippen molar-refractivity contribution in [3.8, 4) is 0 Å². The summed E-state index contributed by atoms with van der Waals surface area (Å²) >= 11 is 0. The molecule has 0 N–H and O–H groups in total. The molecule has 1 aliphatic heterocycles. The summed E-state index contributed by atoms with van der Waals surface area (Å²) in [5, 5.41) is -0.208. The summed E-state index contributed by atoms with van der Waals surface area (Å²) in [5.74, 6) is -1.16. The van der Waals surface area contributed by atoms with Gasteiger partial charge in [-0.25, -0.2) is 21.5 Å². The Balaban J connectivity index is 1.66. The van der Waals surface area contributed by atoms with Crippen LogP contribution in [0.15, 0.2) is 18.2 Å². The van der Waals surface area contributed by atoms with E-state index in [0.717, 1.165) is 38.3 Å². The van der Waals surface area contributed by atoms with Crippen molar-refractivity contribution in [3.63, 3.8) is 0 Å². The van der Waals surface area contributed by atoms with Gasteiger partial charge in [0.1, 0.15) is 11.6 Å². The fraction of sp³-hybridized carbons (Fsp3) is 0.625. The zero-order valence-corrected chi connectivity index (χ0v) is 14.0. The molecule has 1 atom stereocenters. The maximum atomic E-state index is 13.3. The minimum absolute atomic E-state index is 0.0623. The molecule has 4 nitrogen and oxygen atoms in total. The van der Waals surface area contributed by atoms with Crippen molar-refractivity contribution in [3.05, 3.63) is 35.4 Å². The van der Waals surface area contributed by atoms with E-state index >= 15 is 0 Å². The molecule has 1 saturated carbocycles. The first-order valence-corrected chi connectivity index (χ1v) is 9.51. The minimum Gasteiger partial charge on any atom is -0.297 e. The number of halogens is 2. The predicted molar refractivity (Wildman–Crippen MR) is 84.4 cm³/mol. The molecule has 0 spiro atoms. The second-order valence-electron chi connectivity index (χ2n) is 6.57. The maximum Gasteiger partial charge on any atom is 0.217 e. The Bertz CT molecular complexity index is 656. The van der Waals surface area contributed by atoms with E-state index in [0.29, 0.717) is 18.7 Å². The molecule has 23 heavy (non-hydrogen) atoms. The number of rotatable bonds is 5. The van der Waals surface area contributed by atoms with E-state index in [4.69, 9.17) is 0 Å². The number of piperidine rings is 1. The molecule has 0 aromatic heterocycles. The molecule has 128 valence electrons. The molecule has 0 bridgehead atoms. The van der Waals surface area contributed by atoms with Gasteiger partial charge in [0.15, 0.2) is 0 Å². The third-order valence-corrected chi connectivity index (χ3v) is 7.09. The van der Waals surface area contributed by atoms with Gasteiger partial charge in [-0.3, -0.25) is 4.90 Å². The summed E-state index contributed by atoms with van der Waals surface area (Å²) in [6.45, 7) is 1.84. The summed E-state index contributed by atoms with van der Waals surface area (Å²) in [5.41, 5.74) is 0.579. The first-order valence-electron chi connectivity index (χ1n) is 8.00. The van der Waals surface area contributed by atoms with Gasteiger partial charge in [0.2, 0.25) is 10.0 Å². The average Bonchev–Trinajstić information content (AvgIpc) is 3.30. The van der Waals surface area contributed by atoms with Crippen molar-refractivity contribution < 1.29 is 17.2 Å². The number of hydrogen-bond donors (Lipinski definition) is 0. The van der Waals surface area contributed by atoms with Gasteiger partial charge in [-0.1, -0.05) is 0 Å². The highest BCUT2D eigenvalue weighted by atomic mass is 32.2. The van der Waals surface area contributed by atoms with Crippen LogP contribution in [0.4, 0.5) is 8.78 Å². The fourth-order valence-electron chi connectivity index (χ4n) is 3.24. The molecule has 1 heterocycles. The van der Waals surface area contributed by atoms with Gasteiger partial charge >= 0.3 is 0 Å². The van der Waals surface area contributed by atoms with Gasteiger partial charge in [-0.15, -0.1) is 0 Å². The van der Waals surface area contributed by atoms with Crippen molar-refractivity contribution in [2.75, 3.05) is 20.1 Å². The molecule has 7 heteroatoms. The smallest absolute Gasteiger partial charge is 0.217 e. The van der Waals surface area contributed by atoms with Gasteiger partial charge in [0.05, 0.1) is 5.25 Å². The Hall–Kier alpha value is -1.05. The minimum atomic E-state index is -3.19. The molecule has 1 aromatic carbocycles. The number of sulfonamides is 1. The first-order chi connectivity index (χ1) is 10.9. The number of likely N-dealkylation sites (tertiary alicyclic amines) is 1. The lowest BCUT2D eigenvalue weighted by atomic mass is 10.0. The van der Waals surface area contributed by atoms with Gasteiger partial charge in [0, 0.05) is 32.2 Å². The Labute approximate surface area is 136 Å². The third-order valence-electron chi connectivity index (χ3n) is 4.67. The van der Waals surface area contributed by atoms with Crippen molar-refractivity contribution in [1.29, 1.82) is 0 Å². The van der Waals surface area contributed by atoms with Crippen molar-refractivity contribution in [2.24, 2.45) is 0 Å². The quantitative estimate of drug-likeness (QED) is 0.823. The van der Waals surface area contributed by atoms with Gasteiger partial charge < -0.3 is 0 Å². The lowest BCUT2D eigenvalue weighted by Crippen LogP contribution is -2.49. The third kappa shape index (κ3) is 3.89. The van der Waals surface area contributed by atoms with E-state index in [1.165, 1.54) is 16.4 Å². The Morgan fingerprint density at radius 3 is 2.43 bits per heavy atom. The highest BCUT2D eigenvalue weighted by molar-refractivity contribution is 7.90. The van der Waals surface area contributed by atoms with E-state index in [-0.39, 0.29) is 11.3 Å². The Morgan fingerprint density at radius 1 is 1.17 bits per heavy atom. The van der Waals surface area contributed by atoms with Gasteiger partial charge in [-0.05, 0) is 49.9 Å². The summed E-state index contributed by atoms with van der Waals surface area (Å²) in [6, 6.07) is 3.46. The maximum absolute atomic E-state index is 13.3. The molecule has 2 aliphatic rings. The SMILES string of the molecule is CN(C1CCCN(Cc2cc(F)cc(F)c2)C1)S(=O)(=O)C1CC1. The van der Waals surface area contributed by atoms with Crippen LogP contribution < -0.4 is 0 Å². The number of hydrogen-bond acceptors (Lipinski definition) is 3. The Kier molecular flexibility index (Phi) is 4.71. The van der Waals surface area contributed by atoms with Crippen molar-refractivity contribution in [2.45, 2.75) is 43.5 Å². The van der Waals surface area contributed by atoms with Crippen LogP contribution in [-0.4, -0.2) is 49.1 Å². The second kappa shape index (κ2) is 6.45. The van der Waals surface area contributed by atoms with E-state index in [2.05, 4.69) is 4.90 Å². The zero-order chi connectivity index (χ0) is 16.6. The summed E-state index contributed by atoms with van der Waals surface area (Å²) < 4.78 is 52.8. The van der Waals surface area contributed by atoms with Crippen molar-refractivity contribution >= 4 is 10.0 Å². The zero-order valence-electron chi connectivity index (χ0n) is 13.2. The van der Waals surface area contributed by atoms with Crippen LogP contribution in [0.25, 0.3) is 0 Å². The molecule has 1 unspecified atom stereocenters. The lowest BCUT2D eigenvalue weighted by molar-refractivity contribution is 0.153. The average molecular weight is 344 g/mol. The summed E-state index contributed by atoms with van der Waals surface area (Å²) in [7, 11) is -1.53. The monoisotopic (exact) mass is 344 g/mol. The highest BCUT2D eigenvalue weighted by Gasteiger charge is 2.41. The van der Waals surface area contributed by atoms with E-state index < -0.39 is 21.7 Å². The molecule has 2 fully saturated rings. The number of benzene rings is 1. The van der Waals surface area contributed by atoms with Crippen LogP contribution in [0.3, 0.4) is 0 Å². The van der Waals surface area contributed by atoms with E-state index in [1.807, 2.05) is 0 Å². The molecule has 0 amide bonds. The van der Waals surface area contributed by atoms with Gasteiger partial charge in [0.25, 0.3) is 0 Å². The highest BCUT2D eigenvalue weighted by Crippen LogP contribution is 2.32. The fourth-order valence-corrected chi connectivity index (χ4v) is 5.03. The molecular formula is C16H22F2N2O2S. The molecule has 1 aliphatic carbocycles. The lowest BCUT2D eigenvalue weighted by Gasteiger charge is -2.37. The second-order valence-corrected chi connectivity index (χ2v) is 8.84. The summed E-state index contributed by atoms with van der Waals surface area (Å²) in [6.07, 6.45) is 3.22. The molecule has 0 radical (unpaired) electrons. The largest absolute Gasteiger partial charge is 0.297 e. The van der Waals surface area contributed by atoms with Crippen molar-refractivity contribution in [1.82, 2.24) is 9.21 Å². The molecule has 1 aromatic rings. The predicted octanol–water partition coefficient (Wildman–Crippen LogP) is 2.35. The molecule has 3 rings (SSSR count). The number of nitrogens with zero attached hydrogens (tertiary/aromatic N) is 2. The van der Waals surface area contributed by atoms with E-state index in [1.54, 1.807) is 7.05 Å². The molecular weight excluding hydrogens is 322 g/mol. The first kappa shape index (κ1) is 16.8. The van der Waals surface area contributed by atoms with Crippen LogP contribution in [-0.2, 0) is 16.6 Å². The van der Waals surface area contributed by atoms with Gasteiger partial charge in [-0.2, -0.15) is 0 Å². The Morgan fingerprint density at radius 2 is 1.83 bits per heavy atom. The van der Waals surface area contributed by atoms with Crippen LogP contribution >= 0.6 is 0 Å². The summed E-state index contributed by atoms with van der Waals surface area (Å²) in [4.78, 5) is 2.07. The number of likely N-dealkylation sites (N-methyl/N-ethyl adjacent to an activating group) is 1.